The minimum absolute atomic E-state index is 0.0183. The van der Waals surface area contributed by atoms with E-state index in [0.717, 1.165) is 10.0 Å². The second-order valence-electron chi connectivity index (χ2n) is 4.24. The van der Waals surface area contributed by atoms with E-state index in [4.69, 9.17) is 9.26 Å². The Kier molecular flexibility index (Phi) is 3.96. The van der Waals surface area contributed by atoms with Gasteiger partial charge in [-0.15, -0.1) is 0 Å². The Morgan fingerprint density at radius 1 is 1.10 bits per heavy atom. The van der Waals surface area contributed by atoms with Gasteiger partial charge >= 0.3 is 0 Å². The lowest BCUT2D eigenvalue weighted by molar-refractivity contribution is 0.234. The third-order valence-electron chi connectivity index (χ3n) is 2.76. The molecule has 0 fully saturated rings. The Hall–Kier alpha value is -2.21. The van der Waals surface area contributed by atoms with Gasteiger partial charge < -0.3 is 9.26 Å². The number of benzene rings is 2. The maximum Gasteiger partial charge on any atom is 0.264 e. The van der Waals surface area contributed by atoms with Crippen molar-refractivity contribution in [2.75, 3.05) is 0 Å². The molecule has 21 heavy (non-hydrogen) atoms. The summed E-state index contributed by atoms with van der Waals surface area (Å²) >= 11 is 3.36. The number of hydrogen-bond acceptors (Lipinski definition) is 4. The van der Waals surface area contributed by atoms with Gasteiger partial charge in [-0.3, -0.25) is 0 Å². The molecule has 0 amide bonds. The number of nitrogens with zero attached hydrogens (tertiary/aromatic N) is 2. The molecule has 106 valence electrons. The maximum atomic E-state index is 13.4. The van der Waals surface area contributed by atoms with Crippen molar-refractivity contribution in [3.8, 4) is 17.1 Å². The van der Waals surface area contributed by atoms with Crippen LogP contribution in [0.4, 0.5) is 4.39 Å². The van der Waals surface area contributed by atoms with Crippen LogP contribution in [0.2, 0.25) is 0 Å². The number of rotatable bonds is 4. The van der Waals surface area contributed by atoms with E-state index in [2.05, 4.69) is 26.1 Å². The Morgan fingerprint density at radius 2 is 1.86 bits per heavy atom. The topological polar surface area (TPSA) is 48.2 Å². The van der Waals surface area contributed by atoms with Crippen LogP contribution in [0.3, 0.4) is 0 Å². The largest absolute Gasteiger partial charge is 0.481 e. The van der Waals surface area contributed by atoms with E-state index in [1.807, 2.05) is 24.3 Å². The van der Waals surface area contributed by atoms with Crippen molar-refractivity contribution < 1.29 is 13.7 Å². The summed E-state index contributed by atoms with van der Waals surface area (Å²) in [6.45, 7) is 0.0183. The molecule has 0 bridgehead atoms. The molecule has 2 aromatic carbocycles. The molecule has 0 aliphatic rings. The molecular formula is C15H10BrFN2O2. The molecule has 0 spiro atoms. The van der Waals surface area contributed by atoms with Crippen molar-refractivity contribution in [3.63, 3.8) is 0 Å². The fourth-order valence-corrected chi connectivity index (χ4v) is 2.00. The minimum Gasteiger partial charge on any atom is -0.481 e. The predicted octanol–water partition coefficient (Wildman–Crippen LogP) is 4.22. The quantitative estimate of drug-likeness (QED) is 0.708. The molecule has 0 N–H and O–H groups in total. The van der Waals surface area contributed by atoms with Crippen LogP contribution < -0.4 is 4.74 Å². The number of aromatic nitrogens is 2. The summed E-state index contributed by atoms with van der Waals surface area (Å²) in [5.41, 5.74) is 0.832. The highest BCUT2D eigenvalue weighted by Crippen LogP contribution is 2.20. The zero-order valence-corrected chi connectivity index (χ0v) is 12.4. The standard InChI is InChI=1S/C15H10BrFN2O2/c16-11-7-5-10(6-8-11)15-18-14(21-19-15)9-20-13-4-2-1-3-12(13)17/h1-8H,9H2. The maximum absolute atomic E-state index is 13.4. The van der Waals surface area contributed by atoms with Crippen LogP contribution in [0.15, 0.2) is 57.5 Å². The molecular weight excluding hydrogens is 339 g/mol. The van der Waals surface area contributed by atoms with E-state index in [9.17, 15) is 4.39 Å². The van der Waals surface area contributed by atoms with Crippen LogP contribution in [0.1, 0.15) is 5.89 Å². The zero-order chi connectivity index (χ0) is 14.7. The molecule has 3 rings (SSSR count). The van der Waals surface area contributed by atoms with Crippen molar-refractivity contribution in [3.05, 3.63) is 64.7 Å². The molecule has 0 aliphatic carbocycles. The monoisotopic (exact) mass is 348 g/mol. The number of halogens is 2. The van der Waals surface area contributed by atoms with Gasteiger partial charge in [0.15, 0.2) is 18.2 Å². The molecule has 0 atom stereocenters. The van der Waals surface area contributed by atoms with Crippen molar-refractivity contribution in [1.29, 1.82) is 0 Å². The summed E-state index contributed by atoms with van der Waals surface area (Å²) in [4.78, 5) is 4.21. The fourth-order valence-electron chi connectivity index (χ4n) is 1.73. The zero-order valence-electron chi connectivity index (χ0n) is 10.8. The average Bonchev–Trinajstić information content (AvgIpc) is 2.96. The van der Waals surface area contributed by atoms with Crippen LogP contribution in [-0.2, 0) is 6.61 Å². The first kappa shape index (κ1) is 13.8. The second-order valence-corrected chi connectivity index (χ2v) is 5.15. The Morgan fingerprint density at radius 3 is 2.62 bits per heavy atom. The Balaban J connectivity index is 1.71. The van der Waals surface area contributed by atoms with Crippen LogP contribution in [0.5, 0.6) is 5.75 Å². The SMILES string of the molecule is Fc1ccccc1OCc1nc(-c2ccc(Br)cc2)no1. The summed E-state index contributed by atoms with van der Waals surface area (Å²) in [6.07, 6.45) is 0. The predicted molar refractivity (Wildman–Crippen MR) is 78.2 cm³/mol. The molecule has 0 saturated carbocycles. The number of para-hydroxylation sites is 1. The Bertz CT molecular complexity index is 743. The summed E-state index contributed by atoms with van der Waals surface area (Å²) in [5, 5.41) is 3.88. The molecule has 0 aliphatic heterocycles. The highest BCUT2D eigenvalue weighted by atomic mass is 79.9. The molecule has 1 heterocycles. The van der Waals surface area contributed by atoms with Gasteiger partial charge in [0.1, 0.15) is 0 Å². The summed E-state index contributed by atoms with van der Waals surface area (Å²) in [7, 11) is 0. The van der Waals surface area contributed by atoms with Gasteiger partial charge in [-0.1, -0.05) is 33.2 Å². The second kappa shape index (κ2) is 6.05. The van der Waals surface area contributed by atoms with Gasteiger partial charge in [-0.05, 0) is 36.4 Å². The van der Waals surface area contributed by atoms with E-state index in [-0.39, 0.29) is 18.2 Å². The average molecular weight is 349 g/mol. The van der Waals surface area contributed by atoms with Gasteiger partial charge in [0.2, 0.25) is 5.82 Å². The lowest BCUT2D eigenvalue weighted by atomic mass is 10.2. The van der Waals surface area contributed by atoms with E-state index in [1.165, 1.54) is 6.07 Å². The van der Waals surface area contributed by atoms with Gasteiger partial charge in [0, 0.05) is 10.0 Å². The summed E-state index contributed by atoms with van der Waals surface area (Å²) < 4.78 is 24.8. The molecule has 4 nitrogen and oxygen atoms in total. The summed E-state index contributed by atoms with van der Waals surface area (Å²) in [5.74, 6) is 0.483. The van der Waals surface area contributed by atoms with Crippen LogP contribution in [0, 0.1) is 5.82 Å². The first-order valence-electron chi connectivity index (χ1n) is 6.18. The van der Waals surface area contributed by atoms with Crippen molar-refractivity contribution >= 4 is 15.9 Å². The third kappa shape index (κ3) is 3.28. The van der Waals surface area contributed by atoms with E-state index in [1.54, 1.807) is 18.2 Å². The molecule has 1 aromatic heterocycles. The van der Waals surface area contributed by atoms with Gasteiger partial charge in [0.05, 0.1) is 0 Å². The highest BCUT2D eigenvalue weighted by molar-refractivity contribution is 9.10. The van der Waals surface area contributed by atoms with Crippen LogP contribution in [0.25, 0.3) is 11.4 Å². The van der Waals surface area contributed by atoms with Crippen molar-refractivity contribution in [1.82, 2.24) is 10.1 Å². The normalized spacial score (nSPS) is 10.6. The molecule has 0 radical (unpaired) electrons. The van der Waals surface area contributed by atoms with Gasteiger partial charge in [-0.2, -0.15) is 4.98 Å². The number of hydrogen-bond donors (Lipinski definition) is 0. The van der Waals surface area contributed by atoms with E-state index in [0.29, 0.717) is 5.82 Å². The van der Waals surface area contributed by atoms with E-state index >= 15 is 0 Å². The summed E-state index contributed by atoms with van der Waals surface area (Å²) in [6, 6.07) is 13.7. The smallest absolute Gasteiger partial charge is 0.264 e. The lowest BCUT2D eigenvalue weighted by Crippen LogP contribution is -1.97. The lowest BCUT2D eigenvalue weighted by Gasteiger charge is -2.03. The minimum atomic E-state index is -0.426. The van der Waals surface area contributed by atoms with Crippen molar-refractivity contribution in [2.24, 2.45) is 0 Å². The van der Waals surface area contributed by atoms with E-state index < -0.39 is 5.82 Å². The van der Waals surface area contributed by atoms with Gasteiger partial charge in [-0.25, -0.2) is 4.39 Å². The van der Waals surface area contributed by atoms with Crippen LogP contribution >= 0.6 is 15.9 Å². The number of ether oxygens (including phenoxy) is 1. The first-order valence-corrected chi connectivity index (χ1v) is 6.97. The third-order valence-corrected chi connectivity index (χ3v) is 3.29. The van der Waals surface area contributed by atoms with Gasteiger partial charge in [0.25, 0.3) is 5.89 Å². The first-order chi connectivity index (χ1) is 10.2. The van der Waals surface area contributed by atoms with Crippen molar-refractivity contribution in [2.45, 2.75) is 6.61 Å². The Labute approximate surface area is 128 Å². The molecule has 0 saturated heterocycles. The fraction of sp³-hybridized carbons (Fsp3) is 0.0667. The van der Waals surface area contributed by atoms with Crippen LogP contribution in [-0.4, -0.2) is 10.1 Å². The highest BCUT2D eigenvalue weighted by Gasteiger charge is 2.10. The molecule has 6 heteroatoms. The molecule has 3 aromatic rings. The molecule has 0 unspecified atom stereocenters.